The number of methoxy groups -OCH3 is 2. The van der Waals surface area contributed by atoms with E-state index in [2.05, 4.69) is 9.97 Å². The summed E-state index contributed by atoms with van der Waals surface area (Å²) in [5.41, 5.74) is 3.80. The molecule has 0 spiro atoms. The first-order valence-electron chi connectivity index (χ1n) is 8.67. The van der Waals surface area contributed by atoms with Crippen molar-refractivity contribution in [2.24, 2.45) is 5.84 Å². The Morgan fingerprint density at radius 2 is 1.79 bits per heavy atom. The molecule has 0 saturated carbocycles. The van der Waals surface area contributed by atoms with E-state index in [1.165, 1.54) is 20.5 Å². The van der Waals surface area contributed by atoms with Crippen molar-refractivity contribution in [3.63, 3.8) is 0 Å². The van der Waals surface area contributed by atoms with Crippen LogP contribution in [-0.2, 0) is 6.42 Å². The number of ether oxygens (including phenoxy) is 2. The summed E-state index contributed by atoms with van der Waals surface area (Å²) in [5.74, 6) is 6.50. The Kier molecular flexibility index (Phi) is 5.86. The van der Waals surface area contributed by atoms with Gasteiger partial charge in [0.2, 0.25) is 0 Å². The Bertz CT molecular complexity index is 989. The lowest BCUT2D eigenvalue weighted by Gasteiger charge is -2.14. The Morgan fingerprint density at radius 3 is 2.50 bits per heavy atom. The maximum absolute atomic E-state index is 12.3. The fourth-order valence-corrected chi connectivity index (χ4v) is 2.93. The molecule has 1 amide bonds. The molecule has 3 rings (SSSR count). The minimum Gasteiger partial charge on any atom is -0.496 e. The van der Waals surface area contributed by atoms with Gasteiger partial charge in [0.1, 0.15) is 17.8 Å². The molecular formula is C21H22N4O3. The summed E-state index contributed by atoms with van der Waals surface area (Å²) >= 11 is 0. The Hall–Kier alpha value is -3.45. The van der Waals surface area contributed by atoms with Gasteiger partial charge in [-0.15, -0.1) is 0 Å². The Labute approximate surface area is 163 Å². The predicted molar refractivity (Wildman–Crippen MR) is 106 cm³/mol. The molecule has 0 aliphatic carbocycles. The molecule has 7 heteroatoms. The molecule has 1 heterocycles. The summed E-state index contributed by atoms with van der Waals surface area (Å²) in [6.45, 7) is 0. The summed E-state index contributed by atoms with van der Waals surface area (Å²) in [6.07, 6.45) is 2.06. The van der Waals surface area contributed by atoms with Crippen LogP contribution in [0.3, 0.4) is 0 Å². The summed E-state index contributed by atoms with van der Waals surface area (Å²) in [6, 6.07) is 15.0. The smallest absolute Gasteiger partial charge is 0.271 e. The van der Waals surface area contributed by atoms with Crippen molar-refractivity contribution in [3.8, 4) is 22.8 Å². The molecule has 2 aromatic carbocycles. The molecule has 144 valence electrons. The Morgan fingerprint density at radius 1 is 1.04 bits per heavy atom. The number of hydrazine groups is 1. The number of carbonyl (C=O) groups excluding carboxylic acids is 1. The molecule has 0 unspecified atom stereocenters. The second kappa shape index (κ2) is 8.49. The van der Waals surface area contributed by atoms with Gasteiger partial charge in [-0.05, 0) is 35.9 Å². The summed E-state index contributed by atoms with van der Waals surface area (Å²) in [4.78, 5) is 21.1. The number of nitrogens with two attached hydrogens (primary N) is 1. The van der Waals surface area contributed by atoms with Crippen LogP contribution >= 0.6 is 0 Å². The van der Waals surface area contributed by atoms with E-state index in [1.807, 2.05) is 36.4 Å². The van der Waals surface area contributed by atoms with Crippen LogP contribution in [-0.4, -0.2) is 42.2 Å². The van der Waals surface area contributed by atoms with E-state index in [0.29, 0.717) is 17.7 Å². The number of amides is 1. The number of benzene rings is 2. The molecule has 3 aromatic rings. The lowest BCUT2D eigenvalue weighted by atomic mass is 10.0. The van der Waals surface area contributed by atoms with Crippen LogP contribution in [0.2, 0.25) is 0 Å². The third-order valence-electron chi connectivity index (χ3n) is 4.31. The largest absolute Gasteiger partial charge is 0.496 e. The van der Waals surface area contributed by atoms with Crippen LogP contribution < -0.4 is 15.3 Å². The zero-order valence-corrected chi connectivity index (χ0v) is 16.0. The van der Waals surface area contributed by atoms with Crippen LogP contribution in [0.15, 0.2) is 54.9 Å². The van der Waals surface area contributed by atoms with Gasteiger partial charge in [-0.1, -0.05) is 18.2 Å². The van der Waals surface area contributed by atoms with Gasteiger partial charge in [0.25, 0.3) is 5.91 Å². The molecule has 0 aliphatic rings. The molecule has 0 fully saturated rings. The number of hydrogen-bond donors (Lipinski definition) is 1. The number of hydrogen-bond acceptors (Lipinski definition) is 6. The second-order valence-electron chi connectivity index (χ2n) is 6.22. The first-order valence-corrected chi connectivity index (χ1v) is 8.67. The van der Waals surface area contributed by atoms with E-state index in [1.54, 1.807) is 19.2 Å². The van der Waals surface area contributed by atoms with Crippen molar-refractivity contribution in [2.75, 3.05) is 21.3 Å². The fraction of sp³-hybridized carbons (Fsp3) is 0.190. The summed E-state index contributed by atoms with van der Waals surface area (Å²) < 4.78 is 10.7. The topological polar surface area (TPSA) is 90.6 Å². The third kappa shape index (κ3) is 4.10. The highest BCUT2D eigenvalue weighted by Gasteiger charge is 2.16. The number of carbonyl (C=O) groups is 1. The minimum atomic E-state index is -0.323. The van der Waals surface area contributed by atoms with Crippen molar-refractivity contribution in [1.29, 1.82) is 0 Å². The molecule has 7 nitrogen and oxygen atoms in total. The molecule has 0 saturated heterocycles. The molecule has 28 heavy (non-hydrogen) atoms. The van der Waals surface area contributed by atoms with Crippen LogP contribution in [0, 0.1) is 0 Å². The van der Waals surface area contributed by atoms with E-state index < -0.39 is 0 Å². The van der Waals surface area contributed by atoms with E-state index in [9.17, 15) is 4.79 Å². The van der Waals surface area contributed by atoms with Gasteiger partial charge < -0.3 is 9.47 Å². The SMILES string of the molecule is COc1ccc(Cc2cc(-c3ccccc3OC)ncn2)cc1C(=O)N(C)N. The van der Waals surface area contributed by atoms with Crippen molar-refractivity contribution in [2.45, 2.75) is 6.42 Å². The normalized spacial score (nSPS) is 10.4. The highest BCUT2D eigenvalue weighted by atomic mass is 16.5. The molecule has 0 bridgehead atoms. The average Bonchev–Trinajstić information content (AvgIpc) is 2.73. The van der Waals surface area contributed by atoms with Gasteiger partial charge in [-0.25, -0.2) is 15.8 Å². The minimum absolute atomic E-state index is 0.323. The van der Waals surface area contributed by atoms with E-state index in [-0.39, 0.29) is 5.91 Å². The van der Waals surface area contributed by atoms with E-state index >= 15 is 0 Å². The summed E-state index contributed by atoms with van der Waals surface area (Å²) in [5, 5.41) is 1.03. The van der Waals surface area contributed by atoms with Crippen LogP contribution in [0.1, 0.15) is 21.6 Å². The van der Waals surface area contributed by atoms with Crippen LogP contribution in [0.5, 0.6) is 11.5 Å². The molecular weight excluding hydrogens is 356 g/mol. The monoisotopic (exact) mass is 378 g/mol. The van der Waals surface area contributed by atoms with Crippen LogP contribution in [0.25, 0.3) is 11.3 Å². The van der Waals surface area contributed by atoms with Gasteiger partial charge >= 0.3 is 0 Å². The van der Waals surface area contributed by atoms with Crippen molar-refractivity contribution < 1.29 is 14.3 Å². The molecule has 0 aliphatic heterocycles. The van der Waals surface area contributed by atoms with Gasteiger partial charge in [0.15, 0.2) is 0 Å². The van der Waals surface area contributed by atoms with E-state index in [0.717, 1.165) is 33.3 Å². The quantitative estimate of drug-likeness (QED) is 0.403. The number of para-hydroxylation sites is 1. The molecule has 0 atom stereocenters. The molecule has 0 radical (unpaired) electrons. The highest BCUT2D eigenvalue weighted by Crippen LogP contribution is 2.28. The lowest BCUT2D eigenvalue weighted by molar-refractivity contribution is 0.0791. The van der Waals surface area contributed by atoms with Gasteiger partial charge in [0.05, 0.1) is 25.5 Å². The summed E-state index contributed by atoms with van der Waals surface area (Å²) in [7, 11) is 4.65. The number of nitrogens with zero attached hydrogens (tertiary/aromatic N) is 3. The number of rotatable bonds is 6. The van der Waals surface area contributed by atoms with Crippen LogP contribution in [0.4, 0.5) is 0 Å². The first-order chi connectivity index (χ1) is 13.5. The van der Waals surface area contributed by atoms with Crippen molar-refractivity contribution in [3.05, 3.63) is 71.7 Å². The molecule has 1 aromatic heterocycles. The lowest BCUT2D eigenvalue weighted by Crippen LogP contribution is -2.33. The maximum atomic E-state index is 12.3. The van der Waals surface area contributed by atoms with E-state index in [4.69, 9.17) is 15.3 Å². The van der Waals surface area contributed by atoms with Gasteiger partial charge in [-0.2, -0.15) is 0 Å². The van der Waals surface area contributed by atoms with Crippen molar-refractivity contribution in [1.82, 2.24) is 15.0 Å². The standard InChI is InChI=1S/C21H22N4O3/c1-25(22)21(26)17-11-14(8-9-20(17)28-3)10-15-12-18(24-13-23-15)16-6-4-5-7-19(16)27-2/h4-9,11-13H,10,22H2,1-3H3. The highest BCUT2D eigenvalue weighted by molar-refractivity contribution is 5.96. The molecule has 2 N–H and O–H groups in total. The average molecular weight is 378 g/mol. The fourth-order valence-electron chi connectivity index (χ4n) is 2.93. The first kappa shape index (κ1) is 19.3. The third-order valence-corrected chi connectivity index (χ3v) is 4.31. The van der Waals surface area contributed by atoms with Gasteiger partial charge in [0, 0.05) is 24.7 Å². The predicted octanol–water partition coefficient (Wildman–Crippen LogP) is 2.70. The zero-order chi connectivity index (χ0) is 20.1. The second-order valence-corrected chi connectivity index (χ2v) is 6.22. The number of aromatic nitrogens is 2. The zero-order valence-electron chi connectivity index (χ0n) is 16.0. The van der Waals surface area contributed by atoms with Gasteiger partial charge in [-0.3, -0.25) is 9.80 Å². The van der Waals surface area contributed by atoms with Crippen molar-refractivity contribution >= 4 is 5.91 Å². The Balaban J connectivity index is 1.92. The maximum Gasteiger partial charge on any atom is 0.271 e.